The predicted molar refractivity (Wildman–Crippen MR) is 51.1 cm³/mol. The maximum Gasteiger partial charge on any atom is 0.186 e. The normalized spacial score (nSPS) is 10.4. The van der Waals surface area contributed by atoms with Gasteiger partial charge in [0, 0.05) is 0 Å². The summed E-state index contributed by atoms with van der Waals surface area (Å²) in [6.07, 6.45) is 0. The molecule has 2 aromatic rings. The highest BCUT2D eigenvalue weighted by atomic mass is 35.5. The predicted octanol–water partition coefficient (Wildman–Crippen LogP) is 1.96. The molecule has 1 aromatic heterocycles. The van der Waals surface area contributed by atoms with Gasteiger partial charge in [-0.2, -0.15) is 10.2 Å². The number of benzene rings is 1. The second-order valence-electron chi connectivity index (χ2n) is 2.65. The number of hydrogen-bond acceptors (Lipinski definition) is 4. The van der Waals surface area contributed by atoms with Crippen molar-refractivity contribution in [1.82, 2.24) is 9.66 Å². The summed E-state index contributed by atoms with van der Waals surface area (Å²) in [5, 5.41) is 10.8. The van der Waals surface area contributed by atoms with Gasteiger partial charge in [0.1, 0.15) is 0 Å². The van der Waals surface area contributed by atoms with Gasteiger partial charge in [-0.05, 0) is 12.1 Å². The molecule has 0 spiro atoms. The van der Waals surface area contributed by atoms with Gasteiger partial charge >= 0.3 is 0 Å². The first-order valence-electron chi connectivity index (χ1n) is 3.83. The molecule has 2 N–H and O–H groups in total. The lowest BCUT2D eigenvalue weighted by Crippen LogP contribution is -2.18. The first-order valence-corrected chi connectivity index (χ1v) is 4.21. The number of hydrogen-bond donors (Lipinski definition) is 2. The van der Waals surface area contributed by atoms with Crippen molar-refractivity contribution >= 4 is 22.6 Å². The van der Waals surface area contributed by atoms with Crippen molar-refractivity contribution in [2.24, 2.45) is 5.22 Å². The fourth-order valence-electron chi connectivity index (χ4n) is 1.21. The molecular formula is C8H6ClN5. The summed E-state index contributed by atoms with van der Waals surface area (Å²) in [4.78, 5) is 4.00. The summed E-state index contributed by atoms with van der Waals surface area (Å²) in [6.45, 7) is 0. The lowest BCUT2D eigenvalue weighted by molar-refractivity contribution is 0.731. The molecule has 1 heterocycles. The molecule has 0 fully saturated rings. The molecule has 0 amide bonds. The van der Waals surface area contributed by atoms with Crippen LogP contribution in [0.4, 0.5) is 0 Å². The molecule has 14 heavy (non-hydrogen) atoms. The Morgan fingerprint density at radius 2 is 2.07 bits per heavy atom. The molecule has 0 aliphatic rings. The number of nitrogens with zero attached hydrogens (tertiary/aromatic N) is 3. The number of rotatable bonds is 1. The molecule has 70 valence electrons. The van der Waals surface area contributed by atoms with Crippen LogP contribution in [0.3, 0.4) is 0 Å². The highest BCUT2D eigenvalue weighted by Crippen LogP contribution is 2.11. The third kappa shape index (κ3) is 1.18. The van der Waals surface area contributed by atoms with E-state index in [9.17, 15) is 0 Å². The Morgan fingerprint density at radius 3 is 2.79 bits per heavy atom. The number of para-hydroxylation sites is 2. The lowest BCUT2D eigenvalue weighted by atomic mass is 10.3. The molecule has 1 aromatic carbocycles. The zero-order valence-electron chi connectivity index (χ0n) is 7.03. The number of nitrogens with one attached hydrogen (secondary N) is 2. The summed E-state index contributed by atoms with van der Waals surface area (Å²) in [5.74, 6) is 0. The van der Waals surface area contributed by atoms with Crippen LogP contribution in [0.2, 0.25) is 5.15 Å². The van der Waals surface area contributed by atoms with Gasteiger partial charge in [0.25, 0.3) is 0 Å². The molecular weight excluding hydrogens is 202 g/mol. The second-order valence-corrected chi connectivity index (χ2v) is 3.01. The first-order chi connectivity index (χ1) is 6.74. The maximum atomic E-state index is 7.53. The second kappa shape index (κ2) is 3.19. The average Bonchev–Trinajstić information content (AvgIpc) is 2.20. The van der Waals surface area contributed by atoms with Gasteiger partial charge in [-0.25, -0.2) is 4.98 Å². The van der Waals surface area contributed by atoms with Crippen LogP contribution in [-0.4, -0.2) is 9.66 Å². The van der Waals surface area contributed by atoms with Crippen molar-refractivity contribution < 1.29 is 0 Å². The monoisotopic (exact) mass is 207 g/mol. The van der Waals surface area contributed by atoms with Gasteiger partial charge in [-0.15, -0.1) is 0 Å². The minimum Gasteiger partial charge on any atom is -0.280 e. The molecule has 0 atom stereocenters. The Hall–Kier alpha value is -1.75. The van der Waals surface area contributed by atoms with Crippen molar-refractivity contribution in [3.05, 3.63) is 34.9 Å². The number of aromatic nitrogens is 2. The van der Waals surface area contributed by atoms with Gasteiger partial charge in [-0.1, -0.05) is 29.0 Å². The lowest BCUT2D eigenvalue weighted by Gasteiger charge is -2.03. The standard InChI is InChI=1S/C8H6ClN5/c9-7-8(10)14(13-11)6-4-2-1-3-5(6)12-7/h1-4,10-11H. The first kappa shape index (κ1) is 8.83. The molecule has 2 rings (SSSR count). The molecule has 0 unspecified atom stereocenters. The van der Waals surface area contributed by atoms with Crippen LogP contribution in [0.15, 0.2) is 29.5 Å². The van der Waals surface area contributed by atoms with E-state index in [2.05, 4.69) is 10.2 Å². The Bertz CT molecular complexity index is 559. The van der Waals surface area contributed by atoms with Crippen LogP contribution in [0.5, 0.6) is 0 Å². The van der Waals surface area contributed by atoms with E-state index in [0.29, 0.717) is 11.0 Å². The van der Waals surface area contributed by atoms with E-state index in [4.69, 9.17) is 22.5 Å². The topological polar surface area (TPSA) is 77.9 Å². The zero-order chi connectivity index (χ0) is 10.1. The Kier molecular flexibility index (Phi) is 2.01. The van der Waals surface area contributed by atoms with Gasteiger partial charge in [0.2, 0.25) is 0 Å². The maximum absolute atomic E-state index is 7.53. The van der Waals surface area contributed by atoms with Gasteiger partial charge in [0.15, 0.2) is 10.6 Å². The van der Waals surface area contributed by atoms with Gasteiger partial charge in [-0.3, -0.25) is 5.41 Å². The Labute approximate surface area is 84.0 Å². The fraction of sp³-hybridized carbons (Fsp3) is 0. The quantitative estimate of drug-likeness (QED) is 0.689. The summed E-state index contributed by atoms with van der Waals surface area (Å²) < 4.78 is 1.13. The van der Waals surface area contributed by atoms with Gasteiger partial charge < -0.3 is 0 Å². The molecule has 0 radical (unpaired) electrons. The minimum absolute atomic E-state index is 0.0414. The average molecular weight is 208 g/mol. The highest BCUT2D eigenvalue weighted by Gasteiger charge is 2.04. The van der Waals surface area contributed by atoms with Crippen LogP contribution in [-0.2, 0) is 0 Å². The molecule has 0 saturated carbocycles. The number of halogens is 1. The smallest absolute Gasteiger partial charge is 0.186 e. The Balaban J connectivity index is 3.04. The summed E-state index contributed by atoms with van der Waals surface area (Å²) in [7, 11) is 0. The van der Waals surface area contributed by atoms with Crippen molar-refractivity contribution in [2.45, 2.75) is 0 Å². The van der Waals surface area contributed by atoms with E-state index in [1.807, 2.05) is 6.07 Å². The summed E-state index contributed by atoms with van der Waals surface area (Å²) in [6, 6.07) is 7.08. The number of fused-ring (bicyclic) bond motifs is 1. The summed E-state index contributed by atoms with van der Waals surface area (Å²) in [5.41, 5.74) is 8.07. The van der Waals surface area contributed by atoms with Crippen LogP contribution in [0.25, 0.3) is 11.0 Å². The molecule has 5 nitrogen and oxygen atoms in total. The van der Waals surface area contributed by atoms with Crippen molar-refractivity contribution in [1.29, 1.82) is 10.9 Å². The van der Waals surface area contributed by atoms with Gasteiger partial charge in [0.05, 0.1) is 11.0 Å². The molecule has 0 aliphatic heterocycles. The minimum atomic E-state index is -0.0830. The van der Waals surface area contributed by atoms with Crippen LogP contribution >= 0.6 is 11.6 Å². The molecule has 6 heteroatoms. The van der Waals surface area contributed by atoms with E-state index >= 15 is 0 Å². The van der Waals surface area contributed by atoms with Crippen molar-refractivity contribution in [3.8, 4) is 0 Å². The fourth-order valence-corrected chi connectivity index (χ4v) is 1.38. The van der Waals surface area contributed by atoms with E-state index in [-0.39, 0.29) is 10.6 Å². The van der Waals surface area contributed by atoms with E-state index < -0.39 is 0 Å². The molecule has 0 bridgehead atoms. The third-order valence-electron chi connectivity index (χ3n) is 1.84. The van der Waals surface area contributed by atoms with E-state index in [1.165, 1.54) is 0 Å². The van der Waals surface area contributed by atoms with Crippen molar-refractivity contribution in [3.63, 3.8) is 0 Å². The van der Waals surface area contributed by atoms with Crippen LogP contribution < -0.4 is 5.49 Å². The summed E-state index contributed by atoms with van der Waals surface area (Å²) >= 11 is 5.71. The molecule has 0 aliphatic carbocycles. The van der Waals surface area contributed by atoms with Crippen LogP contribution in [0, 0.1) is 10.9 Å². The SMILES string of the molecule is N=Nn1c(=N)c(Cl)nc2ccccc21. The van der Waals surface area contributed by atoms with Crippen LogP contribution in [0.1, 0.15) is 0 Å². The van der Waals surface area contributed by atoms with E-state index in [0.717, 1.165) is 4.68 Å². The van der Waals surface area contributed by atoms with E-state index in [1.54, 1.807) is 18.2 Å². The highest BCUT2D eigenvalue weighted by molar-refractivity contribution is 6.29. The zero-order valence-corrected chi connectivity index (χ0v) is 7.78. The Morgan fingerprint density at radius 1 is 1.36 bits per heavy atom. The van der Waals surface area contributed by atoms with Crippen molar-refractivity contribution in [2.75, 3.05) is 0 Å². The largest absolute Gasteiger partial charge is 0.280 e. The third-order valence-corrected chi connectivity index (χ3v) is 2.10. The molecule has 0 saturated heterocycles.